The van der Waals surface area contributed by atoms with Crippen LogP contribution in [0.3, 0.4) is 0 Å². The van der Waals surface area contributed by atoms with Crippen LogP contribution in [0, 0.1) is 18.3 Å². The SMILES string of the molecule is CCc1c(C)ccc(C#N)c1OC. The topological polar surface area (TPSA) is 33.0 Å². The number of hydrogen-bond acceptors (Lipinski definition) is 2. The Morgan fingerprint density at radius 3 is 2.62 bits per heavy atom. The van der Waals surface area contributed by atoms with Crippen LogP contribution in [0.25, 0.3) is 0 Å². The highest BCUT2D eigenvalue weighted by atomic mass is 16.5. The molecule has 0 atom stereocenters. The first-order valence-corrected chi connectivity index (χ1v) is 4.31. The third-order valence-corrected chi connectivity index (χ3v) is 2.17. The van der Waals surface area contributed by atoms with Gasteiger partial charge in [-0.05, 0) is 30.5 Å². The first-order valence-electron chi connectivity index (χ1n) is 4.31. The van der Waals surface area contributed by atoms with Crippen molar-refractivity contribution < 1.29 is 4.74 Å². The highest BCUT2D eigenvalue weighted by molar-refractivity contribution is 5.51. The molecule has 68 valence electrons. The fraction of sp³-hybridized carbons (Fsp3) is 0.364. The molecule has 13 heavy (non-hydrogen) atoms. The summed E-state index contributed by atoms with van der Waals surface area (Å²) >= 11 is 0. The maximum absolute atomic E-state index is 8.83. The van der Waals surface area contributed by atoms with Crippen molar-refractivity contribution >= 4 is 0 Å². The van der Waals surface area contributed by atoms with E-state index in [1.165, 1.54) is 5.56 Å². The summed E-state index contributed by atoms with van der Waals surface area (Å²) in [4.78, 5) is 0. The van der Waals surface area contributed by atoms with E-state index < -0.39 is 0 Å². The Balaban J connectivity index is 3.38. The van der Waals surface area contributed by atoms with E-state index in [0.29, 0.717) is 5.56 Å². The monoisotopic (exact) mass is 175 g/mol. The van der Waals surface area contributed by atoms with Crippen molar-refractivity contribution in [3.8, 4) is 11.8 Å². The number of aryl methyl sites for hydroxylation is 1. The fourth-order valence-corrected chi connectivity index (χ4v) is 1.49. The zero-order valence-electron chi connectivity index (χ0n) is 8.22. The van der Waals surface area contributed by atoms with E-state index in [-0.39, 0.29) is 0 Å². The van der Waals surface area contributed by atoms with Gasteiger partial charge in [0.15, 0.2) is 0 Å². The average Bonchev–Trinajstić information content (AvgIpc) is 2.17. The summed E-state index contributed by atoms with van der Waals surface area (Å²) in [5.74, 6) is 0.727. The third-order valence-electron chi connectivity index (χ3n) is 2.17. The molecule has 0 radical (unpaired) electrons. The normalized spacial score (nSPS) is 9.38. The minimum atomic E-state index is 0.616. The highest BCUT2D eigenvalue weighted by Gasteiger charge is 2.09. The lowest BCUT2D eigenvalue weighted by molar-refractivity contribution is 0.408. The van der Waals surface area contributed by atoms with Gasteiger partial charge in [-0.1, -0.05) is 13.0 Å². The van der Waals surface area contributed by atoms with Gasteiger partial charge in [0, 0.05) is 0 Å². The summed E-state index contributed by atoms with van der Waals surface area (Å²) in [6.07, 6.45) is 0.893. The van der Waals surface area contributed by atoms with Crippen LogP contribution in [0.4, 0.5) is 0 Å². The van der Waals surface area contributed by atoms with Crippen LogP contribution in [-0.2, 0) is 6.42 Å². The van der Waals surface area contributed by atoms with Gasteiger partial charge in [0.1, 0.15) is 11.8 Å². The molecule has 0 bridgehead atoms. The summed E-state index contributed by atoms with van der Waals surface area (Å²) in [6.45, 7) is 4.09. The molecule has 1 rings (SSSR count). The van der Waals surface area contributed by atoms with Crippen molar-refractivity contribution in [3.63, 3.8) is 0 Å². The van der Waals surface area contributed by atoms with E-state index in [1.54, 1.807) is 13.2 Å². The summed E-state index contributed by atoms with van der Waals surface area (Å²) in [5.41, 5.74) is 2.92. The van der Waals surface area contributed by atoms with Gasteiger partial charge >= 0.3 is 0 Å². The van der Waals surface area contributed by atoms with Gasteiger partial charge in [0.2, 0.25) is 0 Å². The second kappa shape index (κ2) is 3.95. The van der Waals surface area contributed by atoms with Crippen LogP contribution in [0.2, 0.25) is 0 Å². The van der Waals surface area contributed by atoms with Crippen molar-refractivity contribution in [2.75, 3.05) is 7.11 Å². The predicted octanol–water partition coefficient (Wildman–Crippen LogP) is 2.44. The van der Waals surface area contributed by atoms with Crippen molar-refractivity contribution in [1.29, 1.82) is 5.26 Å². The minimum absolute atomic E-state index is 0.616. The van der Waals surface area contributed by atoms with Crippen LogP contribution >= 0.6 is 0 Å². The second-order valence-corrected chi connectivity index (χ2v) is 2.91. The molecule has 0 fully saturated rings. The van der Waals surface area contributed by atoms with Gasteiger partial charge in [0.25, 0.3) is 0 Å². The molecule has 1 aromatic rings. The summed E-state index contributed by atoms with van der Waals surface area (Å²) in [5, 5.41) is 8.83. The molecule has 0 aliphatic heterocycles. The fourth-order valence-electron chi connectivity index (χ4n) is 1.49. The predicted molar refractivity (Wildman–Crippen MR) is 51.8 cm³/mol. The number of rotatable bonds is 2. The lowest BCUT2D eigenvalue weighted by Crippen LogP contribution is -1.96. The molecular weight excluding hydrogens is 162 g/mol. The van der Waals surface area contributed by atoms with E-state index in [9.17, 15) is 0 Å². The van der Waals surface area contributed by atoms with Crippen molar-refractivity contribution in [2.24, 2.45) is 0 Å². The second-order valence-electron chi connectivity index (χ2n) is 2.91. The molecule has 0 aromatic heterocycles. The first-order chi connectivity index (χ1) is 6.24. The Kier molecular flexibility index (Phi) is 2.92. The van der Waals surface area contributed by atoms with Gasteiger partial charge in [-0.25, -0.2) is 0 Å². The molecule has 2 nitrogen and oxygen atoms in total. The zero-order chi connectivity index (χ0) is 9.84. The standard InChI is InChI=1S/C11H13NO/c1-4-10-8(2)5-6-9(7-12)11(10)13-3/h5-6H,4H2,1-3H3. The molecule has 0 unspecified atom stereocenters. The number of nitrogens with zero attached hydrogens (tertiary/aromatic N) is 1. The molecule has 2 heteroatoms. The highest BCUT2D eigenvalue weighted by Crippen LogP contribution is 2.26. The first kappa shape index (κ1) is 9.60. The molecular formula is C11H13NO. The maximum Gasteiger partial charge on any atom is 0.140 e. The lowest BCUT2D eigenvalue weighted by atomic mass is 10.0. The number of ether oxygens (including phenoxy) is 1. The third kappa shape index (κ3) is 1.65. The van der Waals surface area contributed by atoms with Crippen LogP contribution in [-0.4, -0.2) is 7.11 Å². The van der Waals surface area contributed by atoms with Gasteiger partial charge in [-0.15, -0.1) is 0 Å². The molecule has 0 amide bonds. The Morgan fingerprint density at radius 2 is 2.15 bits per heavy atom. The van der Waals surface area contributed by atoms with E-state index >= 15 is 0 Å². The Labute approximate surface area is 78.8 Å². The van der Waals surface area contributed by atoms with E-state index in [2.05, 4.69) is 13.0 Å². The lowest BCUT2D eigenvalue weighted by Gasteiger charge is -2.10. The van der Waals surface area contributed by atoms with E-state index in [0.717, 1.165) is 17.7 Å². The summed E-state index contributed by atoms with van der Waals surface area (Å²) in [7, 11) is 1.61. The van der Waals surface area contributed by atoms with Crippen molar-refractivity contribution in [3.05, 3.63) is 28.8 Å². The quantitative estimate of drug-likeness (QED) is 0.691. The number of methoxy groups -OCH3 is 1. The molecule has 0 saturated heterocycles. The van der Waals surface area contributed by atoms with Gasteiger partial charge in [0.05, 0.1) is 12.7 Å². The van der Waals surface area contributed by atoms with E-state index in [1.807, 2.05) is 13.0 Å². The molecule has 0 heterocycles. The number of benzene rings is 1. The van der Waals surface area contributed by atoms with Crippen LogP contribution < -0.4 is 4.74 Å². The van der Waals surface area contributed by atoms with Gasteiger partial charge in [-0.3, -0.25) is 0 Å². The number of hydrogen-bond donors (Lipinski definition) is 0. The largest absolute Gasteiger partial charge is 0.495 e. The molecule has 0 saturated carbocycles. The van der Waals surface area contributed by atoms with Crippen molar-refractivity contribution in [2.45, 2.75) is 20.3 Å². The van der Waals surface area contributed by atoms with Crippen LogP contribution in [0.15, 0.2) is 12.1 Å². The van der Waals surface area contributed by atoms with E-state index in [4.69, 9.17) is 10.00 Å². The van der Waals surface area contributed by atoms with Crippen molar-refractivity contribution in [1.82, 2.24) is 0 Å². The zero-order valence-corrected chi connectivity index (χ0v) is 8.22. The molecule has 0 aliphatic rings. The summed E-state index contributed by atoms with van der Waals surface area (Å²) in [6, 6.07) is 5.88. The average molecular weight is 175 g/mol. The Bertz CT molecular complexity index is 350. The smallest absolute Gasteiger partial charge is 0.140 e. The Morgan fingerprint density at radius 1 is 1.46 bits per heavy atom. The van der Waals surface area contributed by atoms with Gasteiger partial charge in [-0.2, -0.15) is 5.26 Å². The number of nitriles is 1. The molecule has 1 aromatic carbocycles. The van der Waals surface area contributed by atoms with Gasteiger partial charge < -0.3 is 4.74 Å². The molecule has 0 spiro atoms. The molecule has 0 N–H and O–H groups in total. The summed E-state index contributed by atoms with van der Waals surface area (Å²) < 4.78 is 5.22. The van der Waals surface area contributed by atoms with Crippen LogP contribution in [0.5, 0.6) is 5.75 Å². The molecule has 0 aliphatic carbocycles. The van der Waals surface area contributed by atoms with Crippen LogP contribution in [0.1, 0.15) is 23.6 Å². The Hall–Kier alpha value is -1.49. The maximum atomic E-state index is 8.83. The minimum Gasteiger partial charge on any atom is -0.495 e.